The van der Waals surface area contributed by atoms with E-state index in [1.165, 1.54) is 0 Å². The van der Waals surface area contributed by atoms with E-state index >= 15 is 0 Å². The van der Waals surface area contributed by atoms with Crippen molar-refractivity contribution < 1.29 is 4.74 Å². The molecule has 2 N–H and O–H groups in total. The second kappa shape index (κ2) is 6.89. The van der Waals surface area contributed by atoms with Gasteiger partial charge in [-0.1, -0.05) is 30.7 Å². The Morgan fingerprint density at radius 2 is 2.12 bits per heavy atom. The van der Waals surface area contributed by atoms with Crippen LogP contribution < -0.4 is 5.73 Å². The van der Waals surface area contributed by atoms with E-state index in [0.717, 1.165) is 23.4 Å². The van der Waals surface area contributed by atoms with Crippen molar-refractivity contribution in [3.05, 3.63) is 34.9 Å². The average molecular weight is 242 g/mol. The van der Waals surface area contributed by atoms with Gasteiger partial charge < -0.3 is 10.5 Å². The monoisotopic (exact) mass is 241 g/mol. The predicted molar refractivity (Wildman–Crippen MR) is 68.8 cm³/mol. The third-order valence-corrected chi connectivity index (χ3v) is 2.86. The summed E-state index contributed by atoms with van der Waals surface area (Å²) in [6.45, 7) is 4.80. The smallest absolute Gasteiger partial charge is 0.0726 e. The Bertz CT molecular complexity index is 317. The first-order valence-corrected chi connectivity index (χ1v) is 6.16. The van der Waals surface area contributed by atoms with E-state index in [1.54, 1.807) is 0 Å². The van der Waals surface area contributed by atoms with Gasteiger partial charge in [-0.05, 0) is 37.5 Å². The number of hydrogen-bond acceptors (Lipinski definition) is 2. The fourth-order valence-electron chi connectivity index (χ4n) is 1.83. The molecule has 0 heterocycles. The molecule has 3 heteroatoms. The lowest BCUT2D eigenvalue weighted by molar-refractivity contribution is 0.0417. The van der Waals surface area contributed by atoms with Crippen LogP contribution in [0.3, 0.4) is 0 Å². The summed E-state index contributed by atoms with van der Waals surface area (Å²) in [5, 5.41) is 0.758. The minimum atomic E-state index is 0.0309. The summed E-state index contributed by atoms with van der Waals surface area (Å²) in [6, 6.07) is 7.86. The van der Waals surface area contributed by atoms with Crippen molar-refractivity contribution in [3.63, 3.8) is 0 Å². The van der Waals surface area contributed by atoms with E-state index in [2.05, 4.69) is 6.92 Å². The highest BCUT2D eigenvalue weighted by atomic mass is 35.5. The van der Waals surface area contributed by atoms with Gasteiger partial charge in [-0.25, -0.2) is 0 Å². The van der Waals surface area contributed by atoms with Gasteiger partial charge in [0.25, 0.3) is 0 Å². The third kappa shape index (κ3) is 4.12. The zero-order chi connectivity index (χ0) is 12.0. The Hall–Kier alpha value is -0.570. The molecule has 0 spiro atoms. The van der Waals surface area contributed by atoms with Gasteiger partial charge in [-0.3, -0.25) is 0 Å². The summed E-state index contributed by atoms with van der Waals surface area (Å²) in [5.74, 6) is 0. The molecule has 1 rings (SSSR count). The van der Waals surface area contributed by atoms with E-state index in [0.29, 0.717) is 6.61 Å². The minimum Gasteiger partial charge on any atom is -0.377 e. The van der Waals surface area contributed by atoms with Gasteiger partial charge in [-0.15, -0.1) is 0 Å². The molecule has 0 aliphatic rings. The first-order valence-electron chi connectivity index (χ1n) is 5.79. The van der Waals surface area contributed by atoms with Crippen molar-refractivity contribution in [3.8, 4) is 0 Å². The normalized spacial score (nSPS) is 14.8. The molecule has 16 heavy (non-hydrogen) atoms. The standard InChI is InChI=1S/C13H20ClNO/c1-3-13(16-4-2)12(15)9-10-6-5-7-11(14)8-10/h5-8,12-13H,3-4,9,15H2,1-2H3. The second-order valence-electron chi connectivity index (χ2n) is 3.90. The molecule has 0 amide bonds. The van der Waals surface area contributed by atoms with Crippen LogP contribution in [-0.2, 0) is 11.2 Å². The Labute approximate surface area is 103 Å². The SMILES string of the molecule is CCOC(CC)C(N)Cc1cccc(Cl)c1. The number of nitrogens with two attached hydrogens (primary N) is 1. The molecule has 0 saturated carbocycles. The number of halogens is 1. The van der Waals surface area contributed by atoms with Crippen LogP contribution in [0.15, 0.2) is 24.3 Å². The molecule has 2 unspecified atom stereocenters. The van der Waals surface area contributed by atoms with Crippen LogP contribution in [0, 0.1) is 0 Å². The number of hydrogen-bond donors (Lipinski definition) is 1. The second-order valence-corrected chi connectivity index (χ2v) is 4.34. The van der Waals surface area contributed by atoms with Crippen LogP contribution in [0.1, 0.15) is 25.8 Å². The van der Waals surface area contributed by atoms with Crippen molar-refractivity contribution in [2.45, 2.75) is 38.8 Å². The first-order chi connectivity index (χ1) is 7.67. The van der Waals surface area contributed by atoms with Gasteiger partial charge in [0.15, 0.2) is 0 Å². The van der Waals surface area contributed by atoms with Crippen molar-refractivity contribution in [2.24, 2.45) is 5.73 Å². The third-order valence-electron chi connectivity index (χ3n) is 2.62. The van der Waals surface area contributed by atoms with E-state index in [9.17, 15) is 0 Å². The molecule has 0 saturated heterocycles. The Morgan fingerprint density at radius 1 is 1.38 bits per heavy atom. The van der Waals surface area contributed by atoms with E-state index < -0.39 is 0 Å². The van der Waals surface area contributed by atoms with E-state index in [-0.39, 0.29) is 12.1 Å². The lowest BCUT2D eigenvalue weighted by atomic mass is 10.0. The zero-order valence-corrected chi connectivity index (χ0v) is 10.7. The fourth-order valence-corrected chi connectivity index (χ4v) is 2.04. The van der Waals surface area contributed by atoms with Crippen LogP contribution in [-0.4, -0.2) is 18.8 Å². The van der Waals surface area contributed by atoms with Crippen LogP contribution in [0.25, 0.3) is 0 Å². The molecule has 0 aliphatic heterocycles. The van der Waals surface area contributed by atoms with Crippen LogP contribution in [0.2, 0.25) is 5.02 Å². The molecule has 0 bridgehead atoms. The highest BCUT2D eigenvalue weighted by Crippen LogP contribution is 2.14. The number of rotatable bonds is 6. The van der Waals surface area contributed by atoms with E-state index in [4.69, 9.17) is 22.1 Å². The molecular weight excluding hydrogens is 222 g/mol. The van der Waals surface area contributed by atoms with Gasteiger partial charge in [0.2, 0.25) is 0 Å². The highest BCUT2D eigenvalue weighted by Gasteiger charge is 2.16. The number of benzene rings is 1. The van der Waals surface area contributed by atoms with Gasteiger partial charge in [0.1, 0.15) is 0 Å². The molecular formula is C13H20ClNO. The van der Waals surface area contributed by atoms with Crippen LogP contribution in [0.5, 0.6) is 0 Å². The van der Waals surface area contributed by atoms with Crippen LogP contribution in [0.4, 0.5) is 0 Å². The molecule has 0 aromatic heterocycles. The van der Waals surface area contributed by atoms with Gasteiger partial charge in [0, 0.05) is 17.7 Å². The minimum absolute atomic E-state index is 0.0309. The van der Waals surface area contributed by atoms with Gasteiger partial charge >= 0.3 is 0 Å². The molecule has 0 radical (unpaired) electrons. The molecule has 2 nitrogen and oxygen atoms in total. The quantitative estimate of drug-likeness (QED) is 0.831. The van der Waals surface area contributed by atoms with Gasteiger partial charge in [0.05, 0.1) is 6.10 Å². The summed E-state index contributed by atoms with van der Waals surface area (Å²) in [5.41, 5.74) is 7.29. The van der Waals surface area contributed by atoms with Crippen molar-refractivity contribution in [2.75, 3.05) is 6.61 Å². The maximum Gasteiger partial charge on any atom is 0.0726 e. The molecule has 0 aliphatic carbocycles. The lowest BCUT2D eigenvalue weighted by Gasteiger charge is -2.22. The molecule has 1 aromatic carbocycles. The molecule has 2 atom stereocenters. The average Bonchev–Trinajstić information content (AvgIpc) is 2.25. The Kier molecular flexibility index (Phi) is 5.81. The molecule has 1 aromatic rings. The Morgan fingerprint density at radius 3 is 2.69 bits per heavy atom. The zero-order valence-electron chi connectivity index (χ0n) is 9.95. The summed E-state index contributed by atoms with van der Waals surface area (Å²) in [4.78, 5) is 0. The summed E-state index contributed by atoms with van der Waals surface area (Å²) < 4.78 is 5.60. The molecule has 90 valence electrons. The molecule has 0 fully saturated rings. The topological polar surface area (TPSA) is 35.2 Å². The van der Waals surface area contributed by atoms with Gasteiger partial charge in [-0.2, -0.15) is 0 Å². The predicted octanol–water partition coefficient (Wildman–Crippen LogP) is 3.02. The van der Waals surface area contributed by atoms with Crippen molar-refractivity contribution in [1.29, 1.82) is 0 Å². The first kappa shape index (κ1) is 13.5. The van der Waals surface area contributed by atoms with Crippen LogP contribution >= 0.6 is 11.6 Å². The summed E-state index contributed by atoms with van der Waals surface area (Å²) in [6.07, 6.45) is 1.87. The summed E-state index contributed by atoms with van der Waals surface area (Å²) >= 11 is 5.93. The van der Waals surface area contributed by atoms with Crippen molar-refractivity contribution in [1.82, 2.24) is 0 Å². The maximum absolute atomic E-state index is 6.13. The summed E-state index contributed by atoms with van der Waals surface area (Å²) in [7, 11) is 0. The highest BCUT2D eigenvalue weighted by molar-refractivity contribution is 6.30. The maximum atomic E-state index is 6.13. The van der Waals surface area contributed by atoms with E-state index in [1.807, 2.05) is 31.2 Å². The number of ether oxygens (including phenoxy) is 1. The Balaban J connectivity index is 2.58. The fraction of sp³-hybridized carbons (Fsp3) is 0.538. The van der Waals surface area contributed by atoms with Crippen molar-refractivity contribution >= 4 is 11.6 Å². The largest absolute Gasteiger partial charge is 0.377 e. The lowest BCUT2D eigenvalue weighted by Crippen LogP contribution is -2.38.